The fourth-order valence-electron chi connectivity index (χ4n) is 3.53. The van der Waals surface area contributed by atoms with Gasteiger partial charge in [0.25, 0.3) is 0 Å². The monoisotopic (exact) mass is 403 g/mol. The molecule has 148 valence electrons. The molecule has 2 saturated heterocycles. The minimum atomic E-state index is -0.225. The number of nitrogens with zero attached hydrogens (tertiary/aromatic N) is 1. The van der Waals surface area contributed by atoms with Gasteiger partial charge in [-0.05, 0) is 37.4 Å². The summed E-state index contributed by atoms with van der Waals surface area (Å²) in [4.78, 5) is 14.9. The predicted octanol–water partition coefficient (Wildman–Crippen LogP) is 2.41. The van der Waals surface area contributed by atoms with Crippen molar-refractivity contribution in [3.63, 3.8) is 0 Å². The van der Waals surface area contributed by atoms with E-state index < -0.39 is 0 Å². The summed E-state index contributed by atoms with van der Waals surface area (Å²) in [7, 11) is 0. The molecule has 0 saturated carbocycles. The fraction of sp³-hybridized carbons (Fsp3) is 0.632. The molecule has 1 amide bonds. The Morgan fingerprint density at radius 1 is 1.27 bits per heavy atom. The first kappa shape index (κ1) is 23.2. The second kappa shape index (κ2) is 11.8. The lowest BCUT2D eigenvalue weighted by atomic mass is 9.95. The molecule has 7 heteroatoms. The van der Waals surface area contributed by atoms with E-state index in [-0.39, 0.29) is 42.8 Å². The number of hydrogen-bond acceptors (Lipinski definition) is 4. The van der Waals surface area contributed by atoms with Gasteiger partial charge in [0.15, 0.2) is 0 Å². The minimum absolute atomic E-state index is 0. The van der Waals surface area contributed by atoms with Crippen molar-refractivity contribution in [1.82, 2.24) is 15.5 Å². The molecule has 3 rings (SSSR count). The normalized spacial score (nSPS) is 22.6. The highest BCUT2D eigenvalue weighted by Crippen LogP contribution is 2.26. The lowest BCUT2D eigenvalue weighted by Gasteiger charge is -2.37. The largest absolute Gasteiger partial charge is 0.378 e. The number of likely N-dealkylation sites (tertiary alicyclic amines) is 1. The van der Waals surface area contributed by atoms with Crippen molar-refractivity contribution in [3.8, 4) is 0 Å². The van der Waals surface area contributed by atoms with E-state index in [1.54, 1.807) is 0 Å². The van der Waals surface area contributed by atoms with E-state index in [0.717, 1.165) is 25.6 Å². The Morgan fingerprint density at radius 2 is 1.96 bits per heavy atom. The summed E-state index contributed by atoms with van der Waals surface area (Å²) in [6, 6.07) is 10.5. The summed E-state index contributed by atoms with van der Waals surface area (Å²) < 4.78 is 5.39. The van der Waals surface area contributed by atoms with Gasteiger partial charge in [0, 0.05) is 13.1 Å². The van der Waals surface area contributed by atoms with Crippen LogP contribution in [-0.2, 0) is 9.53 Å². The number of ether oxygens (including phenoxy) is 1. The number of morpholine rings is 1. The van der Waals surface area contributed by atoms with E-state index in [0.29, 0.717) is 19.8 Å². The SMILES string of the molecule is CC1CCN(C(CNC(=O)C2COCCN2)c2ccccc2)CC1.Cl.Cl. The molecule has 2 fully saturated rings. The maximum absolute atomic E-state index is 12.4. The third-order valence-corrected chi connectivity index (χ3v) is 5.15. The second-order valence-electron chi connectivity index (χ2n) is 6.97. The van der Waals surface area contributed by atoms with E-state index in [9.17, 15) is 4.79 Å². The zero-order chi connectivity index (χ0) is 16.8. The Bertz CT molecular complexity index is 519. The molecule has 2 aliphatic heterocycles. The summed E-state index contributed by atoms with van der Waals surface area (Å²) in [6.07, 6.45) is 2.46. The van der Waals surface area contributed by atoms with Crippen molar-refractivity contribution in [3.05, 3.63) is 35.9 Å². The second-order valence-corrected chi connectivity index (χ2v) is 6.97. The van der Waals surface area contributed by atoms with Crippen molar-refractivity contribution in [2.24, 2.45) is 5.92 Å². The van der Waals surface area contributed by atoms with Gasteiger partial charge < -0.3 is 15.4 Å². The first-order valence-corrected chi connectivity index (χ1v) is 9.12. The molecule has 5 nitrogen and oxygen atoms in total. The van der Waals surface area contributed by atoms with Crippen LogP contribution >= 0.6 is 24.8 Å². The lowest BCUT2D eigenvalue weighted by molar-refractivity contribution is -0.126. The van der Waals surface area contributed by atoms with E-state index in [4.69, 9.17) is 4.74 Å². The molecule has 2 N–H and O–H groups in total. The predicted molar refractivity (Wildman–Crippen MR) is 109 cm³/mol. The summed E-state index contributed by atoms with van der Waals surface area (Å²) >= 11 is 0. The van der Waals surface area contributed by atoms with Gasteiger partial charge in [-0.3, -0.25) is 9.69 Å². The summed E-state index contributed by atoms with van der Waals surface area (Å²) in [5.74, 6) is 0.844. The van der Waals surface area contributed by atoms with Crippen molar-refractivity contribution in [2.45, 2.75) is 31.8 Å². The van der Waals surface area contributed by atoms with Gasteiger partial charge in [0.2, 0.25) is 5.91 Å². The number of carbonyl (C=O) groups excluding carboxylic acids is 1. The van der Waals surface area contributed by atoms with Crippen LogP contribution in [0.3, 0.4) is 0 Å². The molecular formula is C19H31Cl2N3O2. The lowest BCUT2D eigenvalue weighted by Crippen LogP contribution is -2.52. The smallest absolute Gasteiger partial charge is 0.239 e. The molecule has 0 spiro atoms. The topological polar surface area (TPSA) is 53.6 Å². The van der Waals surface area contributed by atoms with Gasteiger partial charge in [-0.2, -0.15) is 0 Å². The first-order valence-electron chi connectivity index (χ1n) is 9.12. The van der Waals surface area contributed by atoms with Crippen LogP contribution in [0.5, 0.6) is 0 Å². The van der Waals surface area contributed by atoms with Crippen LogP contribution in [0.2, 0.25) is 0 Å². The number of piperidine rings is 1. The molecule has 0 bridgehead atoms. The van der Waals surface area contributed by atoms with Crippen molar-refractivity contribution < 1.29 is 9.53 Å². The number of hydrogen-bond donors (Lipinski definition) is 2. The Balaban J connectivity index is 0.00000169. The number of benzene rings is 1. The summed E-state index contributed by atoms with van der Waals surface area (Å²) in [5.41, 5.74) is 1.28. The van der Waals surface area contributed by atoms with Gasteiger partial charge in [-0.15, -0.1) is 24.8 Å². The molecule has 0 aromatic heterocycles. The van der Waals surface area contributed by atoms with Crippen LogP contribution in [0.4, 0.5) is 0 Å². The average Bonchev–Trinajstić information content (AvgIpc) is 2.65. The Kier molecular flexibility index (Phi) is 10.5. The fourth-order valence-corrected chi connectivity index (χ4v) is 3.53. The average molecular weight is 404 g/mol. The standard InChI is InChI=1S/C19H29N3O2.2ClH/c1-15-7-10-22(11-8-15)18(16-5-3-2-4-6-16)13-21-19(23)17-14-24-12-9-20-17;;/h2-6,15,17-18,20H,7-14H2,1H3,(H,21,23);2*1H. The molecule has 2 heterocycles. The number of carbonyl (C=O) groups is 1. The zero-order valence-electron chi connectivity index (χ0n) is 15.4. The third kappa shape index (κ3) is 6.39. The van der Waals surface area contributed by atoms with Gasteiger partial charge in [0.1, 0.15) is 6.04 Å². The third-order valence-electron chi connectivity index (χ3n) is 5.15. The van der Waals surface area contributed by atoms with E-state index in [1.165, 1.54) is 18.4 Å². The number of amides is 1. The maximum Gasteiger partial charge on any atom is 0.239 e. The molecule has 26 heavy (non-hydrogen) atoms. The summed E-state index contributed by atoms with van der Waals surface area (Å²) in [5, 5.41) is 6.35. The van der Waals surface area contributed by atoms with Crippen molar-refractivity contribution in [1.29, 1.82) is 0 Å². The van der Waals surface area contributed by atoms with Crippen LogP contribution in [0.1, 0.15) is 31.4 Å². The minimum Gasteiger partial charge on any atom is -0.378 e. The highest BCUT2D eigenvalue weighted by molar-refractivity contribution is 5.85. The summed E-state index contributed by atoms with van der Waals surface area (Å²) in [6.45, 7) is 7.05. The van der Waals surface area contributed by atoms with E-state index >= 15 is 0 Å². The van der Waals surface area contributed by atoms with Gasteiger partial charge in [0.05, 0.1) is 19.3 Å². The van der Waals surface area contributed by atoms with E-state index in [2.05, 4.69) is 46.7 Å². The Morgan fingerprint density at radius 3 is 2.58 bits per heavy atom. The first-order chi connectivity index (χ1) is 11.7. The molecular weight excluding hydrogens is 373 g/mol. The van der Waals surface area contributed by atoms with Crippen molar-refractivity contribution >= 4 is 30.7 Å². The number of nitrogens with one attached hydrogen (secondary N) is 2. The Hall–Kier alpha value is -0.850. The highest BCUT2D eigenvalue weighted by atomic mass is 35.5. The van der Waals surface area contributed by atoms with Crippen molar-refractivity contribution in [2.75, 3.05) is 39.4 Å². The maximum atomic E-state index is 12.4. The molecule has 2 unspecified atom stereocenters. The zero-order valence-corrected chi connectivity index (χ0v) is 17.0. The van der Waals surface area contributed by atoms with Crippen LogP contribution in [0, 0.1) is 5.92 Å². The Labute approximate surface area is 169 Å². The highest BCUT2D eigenvalue weighted by Gasteiger charge is 2.27. The molecule has 0 aliphatic carbocycles. The van der Waals surface area contributed by atoms with Crippen LogP contribution < -0.4 is 10.6 Å². The molecule has 2 aliphatic rings. The van der Waals surface area contributed by atoms with Crippen LogP contribution in [0.25, 0.3) is 0 Å². The quantitative estimate of drug-likeness (QED) is 0.792. The van der Waals surface area contributed by atoms with Gasteiger partial charge in [-0.1, -0.05) is 37.3 Å². The number of halogens is 2. The van der Waals surface area contributed by atoms with Crippen LogP contribution in [-0.4, -0.2) is 56.2 Å². The van der Waals surface area contributed by atoms with E-state index in [1.807, 2.05) is 6.07 Å². The molecule has 1 aromatic rings. The van der Waals surface area contributed by atoms with Gasteiger partial charge >= 0.3 is 0 Å². The molecule has 0 radical (unpaired) electrons. The molecule has 2 atom stereocenters. The van der Waals surface area contributed by atoms with Gasteiger partial charge in [-0.25, -0.2) is 0 Å². The van der Waals surface area contributed by atoms with Crippen LogP contribution in [0.15, 0.2) is 30.3 Å². The molecule has 1 aromatic carbocycles. The number of rotatable bonds is 5.